The van der Waals surface area contributed by atoms with Crippen molar-refractivity contribution in [2.45, 2.75) is 13.3 Å². The molecule has 33 heavy (non-hydrogen) atoms. The first-order chi connectivity index (χ1) is 15.5. The normalized spacial score (nSPS) is 11.3. The van der Waals surface area contributed by atoms with Gasteiger partial charge in [-0.3, -0.25) is 9.52 Å². The zero-order valence-electron chi connectivity index (χ0n) is 17.7. The quantitative estimate of drug-likeness (QED) is 0.395. The van der Waals surface area contributed by atoms with Gasteiger partial charge in [-0.05, 0) is 53.9 Å². The van der Waals surface area contributed by atoms with Crippen LogP contribution in [0.3, 0.4) is 0 Å². The van der Waals surface area contributed by atoms with Gasteiger partial charge < -0.3 is 11.1 Å². The molecule has 0 heterocycles. The summed E-state index contributed by atoms with van der Waals surface area (Å²) in [6.45, 7) is 1.66. The van der Waals surface area contributed by atoms with Crippen LogP contribution in [0.25, 0.3) is 0 Å². The summed E-state index contributed by atoms with van der Waals surface area (Å²) in [5, 5.41) is 2.42. The van der Waals surface area contributed by atoms with Crippen molar-refractivity contribution in [1.29, 1.82) is 0 Å². The van der Waals surface area contributed by atoms with Gasteiger partial charge in [-0.2, -0.15) is 8.42 Å². The lowest BCUT2D eigenvalue weighted by Gasteiger charge is -2.16. The van der Waals surface area contributed by atoms with Crippen LogP contribution >= 0.6 is 0 Å². The van der Waals surface area contributed by atoms with E-state index >= 15 is 0 Å². The molecule has 0 aliphatic rings. The van der Waals surface area contributed by atoms with Crippen LogP contribution in [0, 0.1) is 24.4 Å². The SMILES string of the molecule is CNS(=O)(=O)Nc1cccc(Cc2cc(C(N)=O)c(Nc3ccc(C)cc3F)c(F)c2F)c1. The second-order valence-electron chi connectivity index (χ2n) is 7.25. The summed E-state index contributed by atoms with van der Waals surface area (Å²) in [5.41, 5.74) is 5.34. The van der Waals surface area contributed by atoms with Crippen molar-refractivity contribution < 1.29 is 26.4 Å². The topological polar surface area (TPSA) is 113 Å². The van der Waals surface area contributed by atoms with Crippen LogP contribution in [0.15, 0.2) is 48.5 Å². The van der Waals surface area contributed by atoms with Gasteiger partial charge in [0, 0.05) is 13.5 Å². The van der Waals surface area contributed by atoms with E-state index in [1.165, 1.54) is 37.4 Å². The molecule has 3 aromatic carbocycles. The van der Waals surface area contributed by atoms with E-state index in [4.69, 9.17) is 5.73 Å². The summed E-state index contributed by atoms with van der Waals surface area (Å²) in [7, 11) is -2.54. The number of hydrogen-bond acceptors (Lipinski definition) is 4. The third kappa shape index (κ3) is 5.62. The summed E-state index contributed by atoms with van der Waals surface area (Å²) in [5.74, 6) is -4.40. The predicted molar refractivity (Wildman–Crippen MR) is 120 cm³/mol. The molecule has 174 valence electrons. The minimum Gasteiger partial charge on any atom is -0.366 e. The third-order valence-corrected chi connectivity index (χ3v) is 5.82. The molecule has 0 saturated heterocycles. The smallest absolute Gasteiger partial charge is 0.298 e. The number of anilines is 3. The molecule has 1 amide bonds. The lowest BCUT2D eigenvalue weighted by Crippen LogP contribution is -2.26. The average molecular weight is 478 g/mol. The zero-order valence-corrected chi connectivity index (χ0v) is 18.5. The molecule has 0 atom stereocenters. The Morgan fingerprint density at radius 1 is 1.03 bits per heavy atom. The van der Waals surface area contributed by atoms with Gasteiger partial charge in [-0.1, -0.05) is 18.2 Å². The van der Waals surface area contributed by atoms with Crippen LogP contribution in [0.1, 0.15) is 27.0 Å². The summed E-state index contributed by atoms with van der Waals surface area (Å²) >= 11 is 0. The summed E-state index contributed by atoms with van der Waals surface area (Å²) in [6, 6.07) is 11.2. The van der Waals surface area contributed by atoms with Crippen LogP contribution < -0.4 is 20.5 Å². The van der Waals surface area contributed by atoms with Gasteiger partial charge >= 0.3 is 0 Å². The molecule has 0 spiro atoms. The molecule has 0 aromatic heterocycles. The molecule has 3 rings (SSSR count). The Labute approximate surface area is 189 Å². The van der Waals surface area contributed by atoms with Crippen molar-refractivity contribution in [3.63, 3.8) is 0 Å². The van der Waals surface area contributed by atoms with Gasteiger partial charge in [0.2, 0.25) is 0 Å². The Bertz CT molecular complexity index is 1330. The number of nitrogens with one attached hydrogen (secondary N) is 3. The van der Waals surface area contributed by atoms with Crippen LogP contribution in [-0.2, 0) is 16.6 Å². The van der Waals surface area contributed by atoms with Crippen molar-refractivity contribution in [2.24, 2.45) is 5.73 Å². The Morgan fingerprint density at radius 3 is 2.39 bits per heavy atom. The van der Waals surface area contributed by atoms with Crippen molar-refractivity contribution in [3.05, 3.63) is 88.2 Å². The highest BCUT2D eigenvalue weighted by atomic mass is 32.2. The molecule has 11 heteroatoms. The number of amides is 1. The fourth-order valence-electron chi connectivity index (χ4n) is 3.15. The van der Waals surface area contributed by atoms with Crippen LogP contribution in [0.5, 0.6) is 0 Å². The lowest BCUT2D eigenvalue weighted by molar-refractivity contribution is 0.100. The maximum absolute atomic E-state index is 15.0. The largest absolute Gasteiger partial charge is 0.366 e. The number of benzene rings is 3. The molecule has 0 unspecified atom stereocenters. The minimum absolute atomic E-state index is 0.154. The highest BCUT2D eigenvalue weighted by molar-refractivity contribution is 7.90. The summed E-state index contributed by atoms with van der Waals surface area (Å²) < 4.78 is 71.8. The van der Waals surface area contributed by atoms with Crippen molar-refractivity contribution in [2.75, 3.05) is 17.1 Å². The van der Waals surface area contributed by atoms with Gasteiger partial charge in [0.05, 0.1) is 22.6 Å². The van der Waals surface area contributed by atoms with E-state index in [2.05, 4.69) is 14.8 Å². The fourth-order valence-corrected chi connectivity index (χ4v) is 3.69. The van der Waals surface area contributed by atoms with E-state index < -0.39 is 39.3 Å². The molecule has 0 fully saturated rings. The van der Waals surface area contributed by atoms with E-state index in [9.17, 15) is 26.4 Å². The number of hydrogen-bond donors (Lipinski definition) is 4. The molecular weight excluding hydrogens is 457 g/mol. The number of carbonyl (C=O) groups is 1. The second kappa shape index (κ2) is 9.51. The molecule has 0 radical (unpaired) electrons. The van der Waals surface area contributed by atoms with E-state index in [-0.39, 0.29) is 28.9 Å². The second-order valence-corrected chi connectivity index (χ2v) is 8.86. The molecule has 5 N–H and O–H groups in total. The number of aryl methyl sites for hydroxylation is 1. The number of carbonyl (C=O) groups excluding carboxylic acids is 1. The molecule has 0 saturated carbocycles. The molecule has 0 aliphatic heterocycles. The predicted octanol–water partition coefficient (Wildman–Crippen LogP) is 3.72. The van der Waals surface area contributed by atoms with Crippen LogP contribution in [-0.4, -0.2) is 21.4 Å². The number of halogens is 3. The van der Waals surface area contributed by atoms with Crippen LogP contribution in [0.2, 0.25) is 0 Å². The van der Waals surface area contributed by atoms with Gasteiger partial charge in [0.15, 0.2) is 11.6 Å². The Hall–Kier alpha value is -3.57. The lowest BCUT2D eigenvalue weighted by atomic mass is 9.99. The first-order valence-electron chi connectivity index (χ1n) is 9.65. The summed E-state index contributed by atoms with van der Waals surface area (Å²) in [6.07, 6.45) is -0.169. The van der Waals surface area contributed by atoms with Gasteiger partial charge in [-0.25, -0.2) is 17.9 Å². The first-order valence-corrected chi connectivity index (χ1v) is 11.1. The van der Waals surface area contributed by atoms with Crippen LogP contribution in [0.4, 0.5) is 30.2 Å². The molecule has 3 aromatic rings. The van der Waals surface area contributed by atoms with Crippen molar-refractivity contribution >= 4 is 33.2 Å². The van der Waals surface area contributed by atoms with Crippen molar-refractivity contribution in [1.82, 2.24) is 4.72 Å². The number of primary amides is 1. The highest BCUT2D eigenvalue weighted by Gasteiger charge is 2.22. The Morgan fingerprint density at radius 2 is 1.76 bits per heavy atom. The maximum atomic E-state index is 15.0. The van der Waals surface area contributed by atoms with E-state index in [1.807, 2.05) is 0 Å². The maximum Gasteiger partial charge on any atom is 0.298 e. The van der Waals surface area contributed by atoms with E-state index in [0.29, 0.717) is 11.1 Å². The fraction of sp³-hybridized carbons (Fsp3) is 0.136. The summed E-state index contributed by atoms with van der Waals surface area (Å²) in [4.78, 5) is 12.0. The van der Waals surface area contributed by atoms with E-state index in [1.54, 1.807) is 19.1 Å². The monoisotopic (exact) mass is 478 g/mol. The molecule has 7 nitrogen and oxygen atoms in total. The third-order valence-electron chi connectivity index (χ3n) is 4.77. The van der Waals surface area contributed by atoms with Gasteiger partial charge in [0.25, 0.3) is 16.1 Å². The number of nitrogens with two attached hydrogens (primary N) is 1. The molecule has 0 bridgehead atoms. The molecular formula is C22H21F3N4O3S. The minimum atomic E-state index is -3.77. The average Bonchev–Trinajstić information content (AvgIpc) is 2.74. The van der Waals surface area contributed by atoms with Gasteiger partial charge in [-0.15, -0.1) is 0 Å². The Balaban J connectivity index is 1.99. The zero-order chi connectivity index (χ0) is 24.3. The first kappa shape index (κ1) is 24.1. The van der Waals surface area contributed by atoms with Gasteiger partial charge in [0.1, 0.15) is 5.82 Å². The van der Waals surface area contributed by atoms with Crippen molar-refractivity contribution in [3.8, 4) is 0 Å². The number of rotatable bonds is 8. The standard InChI is InChI=1S/C22H21F3N4O3S/c1-12-6-7-18(17(23)8-12)28-21-16(22(26)30)11-14(19(24)20(21)25)9-13-4-3-5-15(10-13)29-33(31,32)27-2/h3-8,10-11,27-29H,9H2,1-2H3,(H2,26,30). The Kier molecular flexibility index (Phi) is 6.94. The molecule has 0 aliphatic carbocycles. The highest BCUT2D eigenvalue weighted by Crippen LogP contribution is 2.31. The van der Waals surface area contributed by atoms with E-state index in [0.717, 1.165) is 6.07 Å².